The third-order valence-corrected chi connectivity index (χ3v) is 2.81. The normalized spacial score (nSPS) is 10.4. The molecule has 0 saturated carbocycles. The van der Waals surface area contributed by atoms with Crippen molar-refractivity contribution >= 4 is 5.97 Å². The molecule has 1 aromatic heterocycles. The quantitative estimate of drug-likeness (QED) is 0.809. The van der Waals surface area contributed by atoms with Gasteiger partial charge in [-0.15, -0.1) is 0 Å². The summed E-state index contributed by atoms with van der Waals surface area (Å²) in [4.78, 5) is 13.7. The highest BCUT2D eigenvalue weighted by Crippen LogP contribution is 2.24. The molecule has 0 spiro atoms. The number of aromatic carboxylic acids is 1. The Morgan fingerprint density at radius 3 is 2.56 bits per heavy atom. The molecule has 2 rings (SSSR count). The van der Waals surface area contributed by atoms with E-state index >= 15 is 0 Å². The first-order valence-electron chi connectivity index (χ1n) is 5.08. The zero-order chi connectivity index (χ0) is 11.7. The topological polar surface area (TPSA) is 53.1 Å². The summed E-state index contributed by atoms with van der Waals surface area (Å²) in [6.45, 7) is 4.08. The highest BCUT2D eigenvalue weighted by atomic mass is 16.4. The summed E-state index contributed by atoms with van der Waals surface area (Å²) in [5, 5.41) is 8.84. The number of hydrogen-bond donors (Lipinski definition) is 2. The molecule has 0 saturated heterocycles. The van der Waals surface area contributed by atoms with Crippen LogP contribution >= 0.6 is 0 Å². The van der Waals surface area contributed by atoms with E-state index < -0.39 is 5.97 Å². The Morgan fingerprint density at radius 2 is 1.94 bits per heavy atom. The minimum atomic E-state index is -0.934. The minimum Gasteiger partial charge on any atom is -0.477 e. The van der Waals surface area contributed by atoms with E-state index in [1.807, 2.05) is 32.0 Å². The Morgan fingerprint density at radius 1 is 1.19 bits per heavy atom. The molecule has 0 radical (unpaired) electrons. The van der Waals surface area contributed by atoms with Crippen LogP contribution in [-0.4, -0.2) is 16.1 Å². The molecule has 3 nitrogen and oxygen atoms in total. The first kappa shape index (κ1) is 10.5. The molecule has 2 N–H and O–H groups in total. The summed E-state index contributed by atoms with van der Waals surface area (Å²) in [6.07, 6.45) is 0. The number of carboxylic acid groups (broad SMARTS) is 1. The van der Waals surface area contributed by atoms with E-state index in [4.69, 9.17) is 5.11 Å². The molecule has 0 atom stereocenters. The standard InChI is InChI=1S/C13H13NO2/c1-8-4-3-5-10(9(8)2)11-6-7-12(14-11)13(15)16/h3-7,14H,1-2H3,(H,15,16). The van der Waals surface area contributed by atoms with E-state index in [9.17, 15) is 4.79 Å². The smallest absolute Gasteiger partial charge is 0.352 e. The van der Waals surface area contributed by atoms with Gasteiger partial charge < -0.3 is 10.1 Å². The first-order valence-corrected chi connectivity index (χ1v) is 5.08. The van der Waals surface area contributed by atoms with Crippen molar-refractivity contribution in [2.24, 2.45) is 0 Å². The molecule has 1 aromatic carbocycles. The van der Waals surface area contributed by atoms with Gasteiger partial charge in [-0.1, -0.05) is 18.2 Å². The van der Waals surface area contributed by atoms with Gasteiger partial charge in [0.1, 0.15) is 5.69 Å². The molecular weight excluding hydrogens is 202 g/mol. The van der Waals surface area contributed by atoms with Gasteiger partial charge in [-0.05, 0) is 37.1 Å². The average Bonchev–Trinajstić information content (AvgIpc) is 2.71. The van der Waals surface area contributed by atoms with Gasteiger partial charge in [0.2, 0.25) is 0 Å². The van der Waals surface area contributed by atoms with Crippen LogP contribution in [0.1, 0.15) is 21.6 Å². The van der Waals surface area contributed by atoms with E-state index in [1.54, 1.807) is 12.1 Å². The Kier molecular flexibility index (Phi) is 2.52. The zero-order valence-electron chi connectivity index (χ0n) is 9.24. The van der Waals surface area contributed by atoms with Crippen molar-refractivity contribution in [1.29, 1.82) is 0 Å². The summed E-state index contributed by atoms with van der Waals surface area (Å²) in [7, 11) is 0. The van der Waals surface area contributed by atoms with Crippen molar-refractivity contribution in [2.75, 3.05) is 0 Å². The molecule has 0 aliphatic heterocycles. The van der Waals surface area contributed by atoms with Gasteiger partial charge >= 0.3 is 5.97 Å². The molecule has 16 heavy (non-hydrogen) atoms. The average molecular weight is 215 g/mol. The molecule has 1 heterocycles. The molecule has 0 aliphatic rings. The second kappa shape index (κ2) is 3.85. The molecule has 0 amide bonds. The van der Waals surface area contributed by atoms with Crippen LogP contribution in [0.15, 0.2) is 30.3 Å². The second-order valence-corrected chi connectivity index (χ2v) is 3.84. The molecule has 3 heteroatoms. The lowest BCUT2D eigenvalue weighted by atomic mass is 10.0. The van der Waals surface area contributed by atoms with Crippen molar-refractivity contribution in [2.45, 2.75) is 13.8 Å². The van der Waals surface area contributed by atoms with Crippen LogP contribution in [0.4, 0.5) is 0 Å². The minimum absolute atomic E-state index is 0.218. The van der Waals surface area contributed by atoms with E-state index in [-0.39, 0.29) is 5.69 Å². The predicted octanol–water partition coefficient (Wildman–Crippen LogP) is 3.00. The van der Waals surface area contributed by atoms with E-state index in [2.05, 4.69) is 4.98 Å². The van der Waals surface area contributed by atoms with Crippen LogP contribution in [0.2, 0.25) is 0 Å². The number of rotatable bonds is 2. The van der Waals surface area contributed by atoms with E-state index in [1.165, 1.54) is 11.1 Å². The third kappa shape index (κ3) is 1.72. The Bertz CT molecular complexity index is 541. The number of nitrogens with one attached hydrogen (secondary N) is 1. The van der Waals surface area contributed by atoms with Crippen molar-refractivity contribution in [3.8, 4) is 11.3 Å². The fraction of sp³-hybridized carbons (Fsp3) is 0.154. The van der Waals surface area contributed by atoms with Crippen LogP contribution in [0.5, 0.6) is 0 Å². The molecule has 0 fully saturated rings. The Balaban J connectivity index is 2.50. The second-order valence-electron chi connectivity index (χ2n) is 3.84. The van der Waals surface area contributed by atoms with Crippen LogP contribution in [0, 0.1) is 13.8 Å². The molecule has 0 bridgehead atoms. The first-order chi connectivity index (χ1) is 7.59. The number of benzene rings is 1. The van der Waals surface area contributed by atoms with Crippen LogP contribution in [0.3, 0.4) is 0 Å². The maximum absolute atomic E-state index is 10.8. The number of aromatic amines is 1. The fourth-order valence-corrected chi connectivity index (χ4v) is 1.72. The highest BCUT2D eigenvalue weighted by molar-refractivity contribution is 5.87. The highest BCUT2D eigenvalue weighted by Gasteiger charge is 2.09. The number of carbonyl (C=O) groups is 1. The molecular formula is C13H13NO2. The van der Waals surface area contributed by atoms with Gasteiger partial charge in [0, 0.05) is 11.3 Å². The Labute approximate surface area is 93.7 Å². The lowest BCUT2D eigenvalue weighted by molar-refractivity contribution is 0.0691. The zero-order valence-corrected chi connectivity index (χ0v) is 9.24. The summed E-state index contributed by atoms with van der Waals surface area (Å²) >= 11 is 0. The van der Waals surface area contributed by atoms with Crippen molar-refractivity contribution in [3.05, 3.63) is 47.2 Å². The van der Waals surface area contributed by atoms with E-state index in [0.717, 1.165) is 11.3 Å². The van der Waals surface area contributed by atoms with Gasteiger partial charge in [-0.25, -0.2) is 4.79 Å². The van der Waals surface area contributed by atoms with Crippen molar-refractivity contribution < 1.29 is 9.90 Å². The van der Waals surface area contributed by atoms with Crippen molar-refractivity contribution in [3.63, 3.8) is 0 Å². The molecule has 0 aliphatic carbocycles. The van der Waals surface area contributed by atoms with Gasteiger partial charge in [0.25, 0.3) is 0 Å². The fourth-order valence-electron chi connectivity index (χ4n) is 1.72. The summed E-state index contributed by atoms with van der Waals surface area (Å²) in [6, 6.07) is 9.38. The van der Waals surface area contributed by atoms with Gasteiger partial charge in [-0.2, -0.15) is 0 Å². The number of carboxylic acids is 1. The van der Waals surface area contributed by atoms with Crippen molar-refractivity contribution in [1.82, 2.24) is 4.98 Å². The van der Waals surface area contributed by atoms with Crippen LogP contribution < -0.4 is 0 Å². The van der Waals surface area contributed by atoms with Gasteiger partial charge in [0.15, 0.2) is 0 Å². The largest absolute Gasteiger partial charge is 0.477 e. The summed E-state index contributed by atoms with van der Waals surface area (Å²) in [5.74, 6) is -0.934. The number of aromatic nitrogens is 1. The van der Waals surface area contributed by atoms with Crippen LogP contribution in [-0.2, 0) is 0 Å². The lowest BCUT2D eigenvalue weighted by Gasteiger charge is -2.06. The molecule has 82 valence electrons. The number of H-pyrrole nitrogens is 1. The van der Waals surface area contributed by atoms with E-state index in [0.29, 0.717) is 0 Å². The number of hydrogen-bond acceptors (Lipinski definition) is 1. The summed E-state index contributed by atoms with van der Waals surface area (Å²) < 4.78 is 0. The third-order valence-electron chi connectivity index (χ3n) is 2.81. The molecule has 0 unspecified atom stereocenters. The number of aryl methyl sites for hydroxylation is 1. The summed E-state index contributed by atoms with van der Waals surface area (Å²) in [5.41, 5.74) is 4.48. The molecule has 2 aromatic rings. The van der Waals surface area contributed by atoms with Crippen LogP contribution in [0.25, 0.3) is 11.3 Å². The maximum atomic E-state index is 10.8. The van der Waals surface area contributed by atoms with Gasteiger partial charge in [0.05, 0.1) is 0 Å². The maximum Gasteiger partial charge on any atom is 0.352 e. The monoisotopic (exact) mass is 215 g/mol. The van der Waals surface area contributed by atoms with Gasteiger partial charge in [-0.3, -0.25) is 0 Å². The Hall–Kier alpha value is -2.03. The lowest BCUT2D eigenvalue weighted by Crippen LogP contribution is -1.96. The predicted molar refractivity (Wildman–Crippen MR) is 62.7 cm³/mol. The SMILES string of the molecule is Cc1cccc(-c2ccc(C(=O)O)[nH]2)c1C.